The van der Waals surface area contributed by atoms with Crippen molar-refractivity contribution < 1.29 is 18.7 Å². The Bertz CT molecular complexity index is 668. The van der Waals surface area contributed by atoms with Crippen LogP contribution in [0.4, 0.5) is 13.6 Å². The highest BCUT2D eigenvalue weighted by Gasteiger charge is 2.37. The number of hydrogen-bond acceptors (Lipinski definition) is 4. The lowest BCUT2D eigenvalue weighted by Crippen LogP contribution is -2.42. The lowest BCUT2D eigenvalue weighted by atomic mass is 10.1. The fourth-order valence-corrected chi connectivity index (χ4v) is 2.77. The van der Waals surface area contributed by atoms with Crippen LogP contribution in [0.15, 0.2) is 42.7 Å². The number of likely N-dealkylation sites (tertiary alicyclic amines) is 1. The largest absolute Gasteiger partial charge is 0.389 e. The van der Waals surface area contributed by atoms with Crippen LogP contribution in [0.1, 0.15) is 17.6 Å². The van der Waals surface area contributed by atoms with Crippen molar-refractivity contribution in [1.82, 2.24) is 25.2 Å². The van der Waals surface area contributed by atoms with Gasteiger partial charge in [0.05, 0.1) is 24.9 Å². The number of benzene rings is 1. The van der Waals surface area contributed by atoms with E-state index in [0.29, 0.717) is 5.56 Å². The SMILES string of the molecule is O=C(NC(c1ccccc1)C(F)F)N1C[C@@H](O)[C@H](n2ccnn2)C1. The first kappa shape index (κ1) is 16.3. The van der Waals surface area contributed by atoms with Crippen LogP contribution in [-0.2, 0) is 0 Å². The molecule has 1 aromatic heterocycles. The second-order valence-corrected chi connectivity index (χ2v) is 5.60. The average molecular weight is 337 g/mol. The molecular weight excluding hydrogens is 320 g/mol. The molecule has 0 radical (unpaired) electrons. The summed E-state index contributed by atoms with van der Waals surface area (Å²) in [5.74, 6) is 0. The Morgan fingerprint density at radius 1 is 1.29 bits per heavy atom. The van der Waals surface area contributed by atoms with Crippen LogP contribution >= 0.6 is 0 Å². The molecule has 128 valence electrons. The molecule has 2 amide bonds. The Hall–Kier alpha value is -2.55. The van der Waals surface area contributed by atoms with Crippen LogP contribution in [0.25, 0.3) is 0 Å². The van der Waals surface area contributed by atoms with Gasteiger partial charge in [-0.2, -0.15) is 0 Å². The van der Waals surface area contributed by atoms with E-state index in [4.69, 9.17) is 0 Å². The van der Waals surface area contributed by atoms with E-state index < -0.39 is 30.6 Å². The normalized spacial score (nSPS) is 21.9. The van der Waals surface area contributed by atoms with E-state index in [-0.39, 0.29) is 13.1 Å². The molecule has 1 unspecified atom stereocenters. The first-order chi connectivity index (χ1) is 11.6. The third-order valence-corrected chi connectivity index (χ3v) is 4.02. The molecule has 1 aliphatic rings. The van der Waals surface area contributed by atoms with Crippen LogP contribution in [0.2, 0.25) is 0 Å². The number of aliphatic hydroxyl groups is 1. The van der Waals surface area contributed by atoms with E-state index >= 15 is 0 Å². The van der Waals surface area contributed by atoms with E-state index in [9.17, 15) is 18.7 Å². The van der Waals surface area contributed by atoms with Crippen molar-refractivity contribution in [1.29, 1.82) is 0 Å². The number of aliphatic hydroxyl groups excluding tert-OH is 1. The van der Waals surface area contributed by atoms with Crippen LogP contribution in [-0.4, -0.2) is 56.7 Å². The number of halogens is 2. The number of urea groups is 1. The van der Waals surface area contributed by atoms with Crippen molar-refractivity contribution >= 4 is 6.03 Å². The molecule has 2 aromatic rings. The number of carbonyl (C=O) groups excluding carboxylic acids is 1. The summed E-state index contributed by atoms with van der Waals surface area (Å²) in [6, 6.07) is 5.57. The molecule has 3 rings (SSSR count). The molecule has 9 heteroatoms. The van der Waals surface area contributed by atoms with Gasteiger partial charge in [-0.15, -0.1) is 5.10 Å². The fourth-order valence-electron chi connectivity index (χ4n) is 2.77. The van der Waals surface area contributed by atoms with E-state index in [1.54, 1.807) is 24.4 Å². The summed E-state index contributed by atoms with van der Waals surface area (Å²) in [6.07, 6.45) is -0.520. The van der Waals surface area contributed by atoms with Gasteiger partial charge in [-0.25, -0.2) is 18.3 Å². The molecule has 0 bridgehead atoms. The van der Waals surface area contributed by atoms with Crippen molar-refractivity contribution in [2.75, 3.05) is 13.1 Å². The summed E-state index contributed by atoms with van der Waals surface area (Å²) in [4.78, 5) is 13.6. The molecule has 1 fully saturated rings. The minimum atomic E-state index is -2.74. The lowest BCUT2D eigenvalue weighted by molar-refractivity contribution is 0.0965. The molecular formula is C15H17F2N5O2. The number of nitrogens with one attached hydrogen (secondary N) is 1. The van der Waals surface area contributed by atoms with E-state index in [1.807, 2.05) is 0 Å². The number of nitrogens with zero attached hydrogens (tertiary/aromatic N) is 4. The number of alkyl halides is 2. The highest BCUT2D eigenvalue weighted by Crippen LogP contribution is 2.24. The summed E-state index contributed by atoms with van der Waals surface area (Å²) < 4.78 is 28.1. The highest BCUT2D eigenvalue weighted by molar-refractivity contribution is 5.75. The summed E-state index contributed by atoms with van der Waals surface area (Å²) >= 11 is 0. The van der Waals surface area contributed by atoms with Crippen molar-refractivity contribution in [3.05, 3.63) is 48.3 Å². The van der Waals surface area contributed by atoms with Crippen molar-refractivity contribution in [3.63, 3.8) is 0 Å². The predicted octanol–water partition coefficient (Wildman–Crippen LogP) is 1.21. The summed E-state index contributed by atoms with van der Waals surface area (Å²) in [6.45, 7) is 0.211. The van der Waals surface area contributed by atoms with Crippen molar-refractivity contribution in [2.24, 2.45) is 0 Å². The van der Waals surface area contributed by atoms with Crippen molar-refractivity contribution in [3.8, 4) is 0 Å². The number of hydrogen-bond donors (Lipinski definition) is 2. The number of aromatic nitrogens is 3. The maximum atomic E-state index is 13.3. The van der Waals surface area contributed by atoms with Gasteiger partial charge in [0.2, 0.25) is 0 Å². The molecule has 1 aliphatic heterocycles. The number of amides is 2. The first-order valence-corrected chi connectivity index (χ1v) is 7.48. The van der Waals surface area contributed by atoms with Crippen LogP contribution in [0, 0.1) is 0 Å². The van der Waals surface area contributed by atoms with E-state index in [0.717, 1.165) is 0 Å². The van der Waals surface area contributed by atoms with Gasteiger partial charge in [0.1, 0.15) is 6.04 Å². The van der Waals surface area contributed by atoms with Gasteiger partial charge in [0.25, 0.3) is 6.43 Å². The number of carbonyl (C=O) groups is 1. The van der Waals surface area contributed by atoms with Crippen molar-refractivity contribution in [2.45, 2.75) is 24.6 Å². The third-order valence-electron chi connectivity index (χ3n) is 4.02. The zero-order valence-electron chi connectivity index (χ0n) is 12.7. The quantitative estimate of drug-likeness (QED) is 0.878. The van der Waals surface area contributed by atoms with Gasteiger partial charge >= 0.3 is 6.03 Å². The Morgan fingerprint density at radius 3 is 2.67 bits per heavy atom. The molecule has 2 heterocycles. The molecule has 1 aromatic carbocycles. The average Bonchev–Trinajstić information content (AvgIpc) is 3.22. The molecule has 1 saturated heterocycles. The minimum Gasteiger partial charge on any atom is -0.389 e. The smallest absolute Gasteiger partial charge is 0.318 e. The van der Waals surface area contributed by atoms with Gasteiger partial charge in [0.15, 0.2) is 0 Å². The lowest BCUT2D eigenvalue weighted by Gasteiger charge is -2.23. The van der Waals surface area contributed by atoms with Crippen LogP contribution in [0.5, 0.6) is 0 Å². The summed E-state index contributed by atoms with van der Waals surface area (Å²) in [7, 11) is 0. The van der Waals surface area contributed by atoms with Gasteiger partial charge in [0, 0.05) is 12.7 Å². The second kappa shape index (κ2) is 6.91. The first-order valence-electron chi connectivity index (χ1n) is 7.48. The molecule has 24 heavy (non-hydrogen) atoms. The zero-order valence-corrected chi connectivity index (χ0v) is 12.7. The highest BCUT2D eigenvalue weighted by atomic mass is 19.3. The molecule has 3 atom stereocenters. The number of β-amino-alcohol motifs (C(OH)–C–C–N with tert-alkyl or cyclic N) is 1. The van der Waals surface area contributed by atoms with Gasteiger partial charge in [-0.3, -0.25) is 0 Å². The standard InChI is InChI=1S/C15H17F2N5O2/c16-14(17)13(10-4-2-1-3-5-10)19-15(24)21-8-11(12(23)9-21)22-7-6-18-20-22/h1-7,11-14,23H,8-9H2,(H,19,24)/t11-,12-,13?/m1/s1. The van der Waals surface area contributed by atoms with Gasteiger partial charge < -0.3 is 15.3 Å². The van der Waals surface area contributed by atoms with Crippen LogP contribution in [0.3, 0.4) is 0 Å². The molecule has 0 saturated carbocycles. The Morgan fingerprint density at radius 2 is 2.04 bits per heavy atom. The minimum absolute atomic E-state index is 0.0428. The Kier molecular flexibility index (Phi) is 4.70. The Balaban J connectivity index is 1.68. The monoisotopic (exact) mass is 337 g/mol. The molecule has 2 N–H and O–H groups in total. The molecule has 0 aliphatic carbocycles. The maximum Gasteiger partial charge on any atom is 0.318 e. The maximum absolute atomic E-state index is 13.3. The van der Waals surface area contributed by atoms with E-state index in [1.165, 1.54) is 27.9 Å². The van der Waals surface area contributed by atoms with Gasteiger partial charge in [-0.05, 0) is 5.56 Å². The third kappa shape index (κ3) is 3.35. The fraction of sp³-hybridized carbons (Fsp3) is 0.400. The summed E-state index contributed by atoms with van der Waals surface area (Å²) in [5, 5.41) is 19.9. The van der Waals surface area contributed by atoms with Crippen LogP contribution < -0.4 is 5.32 Å². The predicted molar refractivity (Wildman–Crippen MR) is 80.4 cm³/mol. The zero-order chi connectivity index (χ0) is 17.1. The second-order valence-electron chi connectivity index (χ2n) is 5.60. The topological polar surface area (TPSA) is 83.3 Å². The Labute approximate surface area is 136 Å². The van der Waals surface area contributed by atoms with Gasteiger partial charge in [-0.1, -0.05) is 35.5 Å². The van der Waals surface area contributed by atoms with E-state index in [2.05, 4.69) is 15.6 Å². The molecule has 0 spiro atoms. The number of rotatable bonds is 4. The summed E-state index contributed by atoms with van der Waals surface area (Å²) in [5.41, 5.74) is 0.327. The molecule has 7 nitrogen and oxygen atoms in total.